The van der Waals surface area contributed by atoms with Crippen molar-refractivity contribution in [3.8, 4) is 11.3 Å². The zero-order chi connectivity index (χ0) is 21.1. The molecule has 0 bridgehead atoms. The zero-order valence-corrected chi connectivity index (χ0v) is 16.6. The first-order valence-electron chi connectivity index (χ1n) is 9.50. The van der Waals surface area contributed by atoms with Gasteiger partial charge in [-0.2, -0.15) is 0 Å². The Morgan fingerprint density at radius 3 is 2.60 bits per heavy atom. The van der Waals surface area contributed by atoms with Gasteiger partial charge in [-0.3, -0.25) is 4.79 Å². The number of aryl methyl sites for hydroxylation is 2. The highest BCUT2D eigenvalue weighted by Crippen LogP contribution is 2.29. The van der Waals surface area contributed by atoms with E-state index in [4.69, 9.17) is 9.26 Å². The Balaban J connectivity index is 1.47. The largest absolute Gasteiger partial charge is 0.452 e. The summed E-state index contributed by atoms with van der Waals surface area (Å²) >= 11 is 0. The number of anilines is 1. The average molecular weight is 400 g/mol. The quantitative estimate of drug-likeness (QED) is 0.482. The number of carbonyl (C=O) groups is 2. The lowest BCUT2D eigenvalue weighted by Gasteiger charge is -2.10. The van der Waals surface area contributed by atoms with E-state index in [0.29, 0.717) is 27.9 Å². The molecule has 4 aromatic rings. The number of esters is 1. The van der Waals surface area contributed by atoms with Crippen LogP contribution in [0.1, 0.15) is 21.5 Å². The molecule has 0 saturated carbocycles. The van der Waals surface area contributed by atoms with Crippen LogP contribution in [-0.4, -0.2) is 23.6 Å². The van der Waals surface area contributed by atoms with Crippen LogP contribution in [0.4, 0.5) is 5.69 Å². The summed E-state index contributed by atoms with van der Waals surface area (Å²) in [4.78, 5) is 24.7. The van der Waals surface area contributed by atoms with Gasteiger partial charge in [-0.1, -0.05) is 47.6 Å². The van der Waals surface area contributed by atoms with Crippen molar-refractivity contribution in [2.45, 2.75) is 13.8 Å². The Morgan fingerprint density at radius 2 is 1.80 bits per heavy atom. The topological polar surface area (TPSA) is 81.4 Å². The number of fused-ring (bicyclic) bond motifs is 1. The molecule has 6 nitrogen and oxygen atoms in total. The average Bonchev–Trinajstić information content (AvgIpc) is 3.18. The maximum Gasteiger partial charge on any atom is 0.338 e. The highest BCUT2D eigenvalue weighted by atomic mass is 16.5. The number of hydrogen-bond acceptors (Lipinski definition) is 5. The summed E-state index contributed by atoms with van der Waals surface area (Å²) in [7, 11) is 0. The first-order chi connectivity index (χ1) is 14.5. The minimum absolute atomic E-state index is 0.322. The van der Waals surface area contributed by atoms with Gasteiger partial charge in [0.05, 0.1) is 10.9 Å². The second kappa shape index (κ2) is 8.21. The second-order valence-electron chi connectivity index (χ2n) is 7.05. The number of aromatic nitrogens is 1. The molecular formula is C24H20N2O4. The fourth-order valence-electron chi connectivity index (χ4n) is 3.14. The molecule has 150 valence electrons. The Kier molecular flexibility index (Phi) is 5.30. The van der Waals surface area contributed by atoms with Crippen molar-refractivity contribution in [3.63, 3.8) is 0 Å². The van der Waals surface area contributed by atoms with E-state index in [1.165, 1.54) is 0 Å². The Hall–Kier alpha value is -3.93. The van der Waals surface area contributed by atoms with Crippen molar-refractivity contribution < 1.29 is 18.8 Å². The van der Waals surface area contributed by atoms with Gasteiger partial charge in [0.25, 0.3) is 5.91 Å². The summed E-state index contributed by atoms with van der Waals surface area (Å²) in [6.45, 7) is 3.47. The Bertz CT molecular complexity index is 1230. The maximum atomic E-state index is 12.5. The summed E-state index contributed by atoms with van der Waals surface area (Å²) in [5.74, 6) is -0.408. The Labute approximate surface area is 173 Å². The summed E-state index contributed by atoms with van der Waals surface area (Å²) in [6, 6.07) is 20.2. The van der Waals surface area contributed by atoms with E-state index >= 15 is 0 Å². The molecule has 0 saturated heterocycles. The van der Waals surface area contributed by atoms with E-state index in [1.54, 1.807) is 18.2 Å². The lowest BCUT2D eigenvalue weighted by Crippen LogP contribution is -2.21. The van der Waals surface area contributed by atoms with Crippen molar-refractivity contribution in [1.29, 1.82) is 0 Å². The lowest BCUT2D eigenvalue weighted by atomic mass is 10.1. The summed E-state index contributed by atoms with van der Waals surface area (Å²) < 4.78 is 10.7. The van der Waals surface area contributed by atoms with E-state index < -0.39 is 11.9 Å². The van der Waals surface area contributed by atoms with Gasteiger partial charge in [-0.25, -0.2) is 4.79 Å². The van der Waals surface area contributed by atoms with E-state index in [1.807, 2.05) is 62.4 Å². The molecule has 0 spiro atoms. The predicted molar refractivity (Wildman–Crippen MR) is 114 cm³/mol. The highest BCUT2D eigenvalue weighted by molar-refractivity contribution is 6.00. The molecule has 0 atom stereocenters. The van der Waals surface area contributed by atoms with E-state index in [2.05, 4.69) is 10.5 Å². The number of hydrogen-bond donors (Lipinski definition) is 1. The molecule has 6 heteroatoms. The van der Waals surface area contributed by atoms with Gasteiger partial charge in [-0.15, -0.1) is 0 Å². The van der Waals surface area contributed by atoms with Crippen molar-refractivity contribution in [3.05, 3.63) is 83.4 Å². The molecule has 1 amide bonds. The second-order valence-corrected chi connectivity index (χ2v) is 7.05. The van der Waals surface area contributed by atoms with Crippen LogP contribution in [0, 0.1) is 13.8 Å². The molecule has 0 fully saturated rings. The number of ether oxygens (including phenoxy) is 1. The third-order valence-corrected chi connectivity index (χ3v) is 4.75. The third kappa shape index (κ3) is 4.07. The first-order valence-corrected chi connectivity index (χ1v) is 9.50. The van der Waals surface area contributed by atoms with E-state index in [0.717, 1.165) is 16.7 Å². The molecule has 0 unspecified atom stereocenters. The molecular weight excluding hydrogens is 380 g/mol. The minimum atomic E-state index is -0.590. The molecule has 1 aromatic heterocycles. The summed E-state index contributed by atoms with van der Waals surface area (Å²) in [5.41, 5.74) is 4.49. The smallest absolute Gasteiger partial charge is 0.338 e. The normalized spacial score (nSPS) is 10.7. The van der Waals surface area contributed by atoms with Crippen LogP contribution in [-0.2, 0) is 9.53 Å². The van der Waals surface area contributed by atoms with Crippen molar-refractivity contribution in [2.75, 3.05) is 11.9 Å². The predicted octanol–water partition coefficient (Wildman–Crippen LogP) is 4.91. The molecule has 30 heavy (non-hydrogen) atoms. The zero-order valence-electron chi connectivity index (χ0n) is 16.6. The van der Waals surface area contributed by atoms with Gasteiger partial charge >= 0.3 is 5.97 Å². The molecule has 4 rings (SSSR count). The molecule has 1 heterocycles. The van der Waals surface area contributed by atoms with Crippen LogP contribution in [0.15, 0.2) is 71.3 Å². The molecule has 0 aliphatic carbocycles. The summed E-state index contributed by atoms with van der Waals surface area (Å²) in [5, 5.41) is 7.52. The van der Waals surface area contributed by atoms with Gasteiger partial charge in [0.1, 0.15) is 5.52 Å². The standard InChI is InChI=1S/C24H20N2O4/c1-15-8-9-16(2)21(12-15)25-22(27)14-29-24(28)18-10-11-20-19(13-18)23(30-26-20)17-6-4-3-5-7-17/h3-13H,14H2,1-2H3,(H,25,27). The molecule has 0 radical (unpaired) electrons. The van der Waals surface area contributed by atoms with E-state index in [-0.39, 0.29) is 6.61 Å². The molecule has 0 aliphatic rings. The first kappa shape index (κ1) is 19.4. The monoisotopic (exact) mass is 400 g/mol. The molecule has 1 N–H and O–H groups in total. The van der Waals surface area contributed by atoms with Crippen molar-refractivity contribution >= 4 is 28.5 Å². The fourth-order valence-corrected chi connectivity index (χ4v) is 3.14. The minimum Gasteiger partial charge on any atom is -0.452 e. The number of amides is 1. The maximum absolute atomic E-state index is 12.5. The number of carbonyl (C=O) groups excluding carboxylic acids is 2. The third-order valence-electron chi connectivity index (χ3n) is 4.75. The molecule has 0 aliphatic heterocycles. The van der Waals surface area contributed by atoms with E-state index in [9.17, 15) is 9.59 Å². The van der Waals surface area contributed by atoms with Gasteiger partial charge < -0.3 is 14.6 Å². The summed E-state index contributed by atoms with van der Waals surface area (Å²) in [6.07, 6.45) is 0. The van der Waals surface area contributed by atoms with Crippen LogP contribution in [0.5, 0.6) is 0 Å². The van der Waals surface area contributed by atoms with Crippen LogP contribution >= 0.6 is 0 Å². The van der Waals surface area contributed by atoms with Crippen LogP contribution < -0.4 is 5.32 Å². The number of nitrogens with one attached hydrogen (secondary N) is 1. The van der Waals surface area contributed by atoms with Gasteiger partial charge in [-0.05, 0) is 49.2 Å². The Morgan fingerprint density at radius 1 is 1.00 bits per heavy atom. The highest BCUT2D eigenvalue weighted by Gasteiger charge is 2.16. The fraction of sp³-hybridized carbons (Fsp3) is 0.125. The van der Waals surface area contributed by atoms with Crippen LogP contribution in [0.2, 0.25) is 0 Å². The van der Waals surface area contributed by atoms with Gasteiger partial charge in [0.15, 0.2) is 12.4 Å². The van der Waals surface area contributed by atoms with Crippen molar-refractivity contribution in [2.24, 2.45) is 0 Å². The number of nitrogens with zero attached hydrogens (tertiary/aromatic N) is 1. The molecule has 3 aromatic carbocycles. The van der Waals surface area contributed by atoms with Crippen LogP contribution in [0.3, 0.4) is 0 Å². The van der Waals surface area contributed by atoms with Gasteiger partial charge in [0, 0.05) is 11.3 Å². The SMILES string of the molecule is Cc1ccc(C)c(NC(=O)COC(=O)c2ccc3noc(-c4ccccc4)c3c2)c1. The van der Waals surface area contributed by atoms with Gasteiger partial charge in [0.2, 0.25) is 0 Å². The lowest BCUT2D eigenvalue weighted by molar-refractivity contribution is -0.119. The number of rotatable bonds is 5. The van der Waals surface area contributed by atoms with Crippen molar-refractivity contribution in [1.82, 2.24) is 5.16 Å². The van der Waals surface area contributed by atoms with Crippen LogP contribution in [0.25, 0.3) is 22.2 Å². The number of benzene rings is 3.